The third-order valence-electron chi connectivity index (χ3n) is 3.31. The molecule has 0 radical (unpaired) electrons. The van der Waals surface area contributed by atoms with Gasteiger partial charge in [0.1, 0.15) is 11.6 Å². The van der Waals surface area contributed by atoms with Crippen molar-refractivity contribution in [3.8, 4) is 17.0 Å². The summed E-state index contributed by atoms with van der Waals surface area (Å²) < 4.78 is 17.9. The summed E-state index contributed by atoms with van der Waals surface area (Å²) in [6.45, 7) is 0. The molecule has 0 saturated heterocycles. The molecule has 1 aromatic heterocycles. The van der Waals surface area contributed by atoms with Crippen LogP contribution >= 0.6 is 0 Å². The van der Waals surface area contributed by atoms with E-state index in [1.165, 1.54) is 18.3 Å². The summed E-state index contributed by atoms with van der Waals surface area (Å²) in [6.07, 6.45) is 1.47. The number of rotatable bonds is 5. The van der Waals surface area contributed by atoms with Crippen LogP contribution in [-0.4, -0.2) is 28.5 Å². The lowest BCUT2D eigenvalue weighted by atomic mass is 10.1. The normalized spacial score (nSPS) is 10.8. The lowest BCUT2D eigenvalue weighted by molar-refractivity contribution is 0.415. The van der Waals surface area contributed by atoms with Gasteiger partial charge in [-0.25, -0.2) is 9.82 Å². The van der Waals surface area contributed by atoms with E-state index in [0.29, 0.717) is 16.9 Å². The molecule has 25 heavy (non-hydrogen) atoms. The number of ether oxygens (including phenoxy) is 1. The molecule has 0 atom stereocenters. The molecule has 0 fully saturated rings. The zero-order valence-electron chi connectivity index (χ0n) is 13.2. The fourth-order valence-electron chi connectivity index (χ4n) is 2.04. The van der Waals surface area contributed by atoms with Gasteiger partial charge in [0, 0.05) is 5.56 Å². The van der Waals surface area contributed by atoms with E-state index in [9.17, 15) is 9.18 Å². The molecular formula is C17H14FN5O2. The predicted octanol–water partition coefficient (Wildman–Crippen LogP) is 2.43. The van der Waals surface area contributed by atoms with Gasteiger partial charge in [-0.1, -0.05) is 12.1 Å². The Labute approximate surface area is 142 Å². The molecular weight excluding hydrogens is 325 g/mol. The second-order valence-corrected chi connectivity index (χ2v) is 5.00. The number of nitrogens with one attached hydrogen (secondary N) is 2. The number of aromatic amines is 1. The Morgan fingerprint density at radius 2 is 1.84 bits per heavy atom. The highest BCUT2D eigenvalue weighted by molar-refractivity contribution is 5.79. The molecule has 8 heteroatoms. The number of anilines is 1. The van der Waals surface area contributed by atoms with Crippen molar-refractivity contribution in [2.75, 3.05) is 12.5 Å². The number of aromatic nitrogens is 3. The van der Waals surface area contributed by atoms with Crippen molar-refractivity contribution >= 4 is 12.2 Å². The van der Waals surface area contributed by atoms with Gasteiger partial charge < -0.3 is 4.74 Å². The average molecular weight is 339 g/mol. The Balaban J connectivity index is 1.73. The van der Waals surface area contributed by atoms with Crippen LogP contribution in [0.5, 0.6) is 5.75 Å². The molecule has 3 aromatic rings. The minimum atomic E-state index is -0.403. The van der Waals surface area contributed by atoms with Crippen molar-refractivity contribution in [1.82, 2.24) is 15.2 Å². The van der Waals surface area contributed by atoms with E-state index in [-0.39, 0.29) is 17.5 Å². The van der Waals surface area contributed by atoms with E-state index >= 15 is 0 Å². The van der Waals surface area contributed by atoms with Gasteiger partial charge in [-0.3, -0.25) is 9.78 Å². The molecule has 0 unspecified atom stereocenters. The molecule has 0 spiro atoms. The van der Waals surface area contributed by atoms with Crippen molar-refractivity contribution in [2.24, 2.45) is 5.10 Å². The van der Waals surface area contributed by atoms with Gasteiger partial charge in [-0.15, -0.1) is 10.2 Å². The van der Waals surface area contributed by atoms with Crippen molar-refractivity contribution < 1.29 is 9.13 Å². The first-order valence-electron chi connectivity index (χ1n) is 7.32. The molecule has 2 N–H and O–H groups in total. The summed E-state index contributed by atoms with van der Waals surface area (Å²) in [5.74, 6) is 0.455. The maximum Gasteiger partial charge on any atom is 0.279 e. The summed E-state index contributed by atoms with van der Waals surface area (Å²) in [5.41, 5.74) is 3.67. The van der Waals surface area contributed by atoms with Crippen LogP contribution in [0.15, 0.2) is 58.4 Å². The molecule has 0 aliphatic carbocycles. The second kappa shape index (κ2) is 7.35. The number of H-pyrrole nitrogens is 1. The van der Waals surface area contributed by atoms with Gasteiger partial charge >= 0.3 is 0 Å². The Hall–Kier alpha value is -3.55. The number of nitrogens with zero attached hydrogens (tertiary/aromatic N) is 3. The Bertz CT molecular complexity index is 937. The fourth-order valence-corrected chi connectivity index (χ4v) is 2.04. The first-order chi connectivity index (χ1) is 12.2. The van der Waals surface area contributed by atoms with Crippen LogP contribution in [0, 0.1) is 5.82 Å². The monoisotopic (exact) mass is 339 g/mol. The van der Waals surface area contributed by atoms with Gasteiger partial charge in [0.05, 0.1) is 13.3 Å². The number of hydrazone groups is 1. The highest BCUT2D eigenvalue weighted by atomic mass is 19.1. The molecule has 126 valence electrons. The predicted molar refractivity (Wildman–Crippen MR) is 92.3 cm³/mol. The Morgan fingerprint density at radius 3 is 2.48 bits per heavy atom. The Kier molecular flexibility index (Phi) is 4.79. The first-order valence-corrected chi connectivity index (χ1v) is 7.32. The van der Waals surface area contributed by atoms with Crippen LogP contribution < -0.4 is 15.7 Å². The summed E-state index contributed by atoms with van der Waals surface area (Å²) in [5, 5.41) is 11.7. The number of hydrogen-bond donors (Lipinski definition) is 2. The topological polar surface area (TPSA) is 92.3 Å². The van der Waals surface area contributed by atoms with Gasteiger partial charge in [-0.2, -0.15) is 5.10 Å². The van der Waals surface area contributed by atoms with Crippen molar-refractivity contribution in [3.05, 3.63) is 70.3 Å². The standard InChI is InChI=1S/C17H14FN5O2/c1-25-14-8-4-12(5-9-14)15-16(24)20-17(23-21-15)22-19-10-11-2-6-13(18)7-3-11/h2-10H,1H3,(H2,20,22,23,24)/b19-10+. The zero-order valence-corrected chi connectivity index (χ0v) is 13.2. The SMILES string of the molecule is COc1ccc(-c2nnc(N/N=C/c3ccc(F)cc3)[nH]c2=O)cc1. The van der Waals surface area contributed by atoms with Crippen LogP contribution in [0.4, 0.5) is 10.3 Å². The second-order valence-electron chi connectivity index (χ2n) is 5.00. The van der Waals surface area contributed by atoms with Gasteiger partial charge in [-0.05, 0) is 42.0 Å². The molecule has 7 nitrogen and oxygen atoms in total. The van der Waals surface area contributed by atoms with Crippen LogP contribution in [0.25, 0.3) is 11.3 Å². The fraction of sp³-hybridized carbons (Fsp3) is 0.0588. The van der Waals surface area contributed by atoms with Gasteiger partial charge in [0.15, 0.2) is 5.69 Å². The van der Waals surface area contributed by atoms with Crippen molar-refractivity contribution in [3.63, 3.8) is 0 Å². The molecule has 0 aliphatic heterocycles. The molecule has 0 aliphatic rings. The lowest BCUT2D eigenvalue weighted by Crippen LogP contribution is -2.15. The van der Waals surface area contributed by atoms with Crippen LogP contribution in [0.2, 0.25) is 0 Å². The highest BCUT2D eigenvalue weighted by Gasteiger charge is 2.07. The molecule has 3 rings (SSSR count). The Morgan fingerprint density at radius 1 is 1.12 bits per heavy atom. The van der Waals surface area contributed by atoms with E-state index in [1.54, 1.807) is 43.5 Å². The molecule has 0 amide bonds. The molecule has 1 heterocycles. The van der Waals surface area contributed by atoms with Gasteiger partial charge in [0.2, 0.25) is 5.95 Å². The van der Waals surface area contributed by atoms with Gasteiger partial charge in [0.25, 0.3) is 5.56 Å². The van der Waals surface area contributed by atoms with Crippen molar-refractivity contribution in [2.45, 2.75) is 0 Å². The smallest absolute Gasteiger partial charge is 0.279 e. The van der Waals surface area contributed by atoms with E-state index in [0.717, 1.165) is 0 Å². The zero-order chi connectivity index (χ0) is 17.6. The summed E-state index contributed by atoms with van der Waals surface area (Å²) in [7, 11) is 1.56. The average Bonchev–Trinajstić information content (AvgIpc) is 2.64. The minimum absolute atomic E-state index is 0.0978. The van der Waals surface area contributed by atoms with E-state index in [4.69, 9.17) is 4.74 Å². The summed E-state index contributed by atoms with van der Waals surface area (Å²) >= 11 is 0. The minimum Gasteiger partial charge on any atom is -0.497 e. The number of hydrogen-bond acceptors (Lipinski definition) is 6. The highest BCUT2D eigenvalue weighted by Crippen LogP contribution is 2.17. The van der Waals surface area contributed by atoms with Crippen LogP contribution in [0.3, 0.4) is 0 Å². The van der Waals surface area contributed by atoms with Crippen LogP contribution in [-0.2, 0) is 0 Å². The van der Waals surface area contributed by atoms with E-state index in [2.05, 4.69) is 25.7 Å². The van der Waals surface area contributed by atoms with Crippen LogP contribution in [0.1, 0.15) is 5.56 Å². The lowest BCUT2D eigenvalue weighted by Gasteiger charge is -2.03. The number of halogens is 1. The maximum atomic E-state index is 12.8. The maximum absolute atomic E-state index is 12.8. The third kappa shape index (κ3) is 4.05. The summed E-state index contributed by atoms with van der Waals surface area (Å²) in [4.78, 5) is 14.7. The summed E-state index contributed by atoms with van der Waals surface area (Å²) in [6, 6.07) is 12.7. The quantitative estimate of drug-likeness (QED) is 0.550. The molecule has 0 bridgehead atoms. The third-order valence-corrected chi connectivity index (χ3v) is 3.31. The number of benzene rings is 2. The van der Waals surface area contributed by atoms with E-state index < -0.39 is 5.56 Å². The number of methoxy groups -OCH3 is 1. The van der Waals surface area contributed by atoms with E-state index in [1.807, 2.05) is 0 Å². The molecule has 2 aromatic carbocycles. The largest absolute Gasteiger partial charge is 0.497 e. The molecule has 0 saturated carbocycles. The van der Waals surface area contributed by atoms with Crippen molar-refractivity contribution in [1.29, 1.82) is 0 Å². The first kappa shape index (κ1) is 16.3.